The highest BCUT2D eigenvalue weighted by Crippen LogP contribution is 2.33. The van der Waals surface area contributed by atoms with Gasteiger partial charge in [0.25, 0.3) is 10.2 Å². The van der Waals surface area contributed by atoms with Gasteiger partial charge in [-0.25, -0.2) is 23.0 Å². The molecule has 0 atom stereocenters. The number of benzene rings is 2. The number of thioether (sulfide) groups is 2. The molecule has 0 fully saturated rings. The Balaban J connectivity index is 0.000000270. The van der Waals surface area contributed by atoms with Crippen molar-refractivity contribution in [3.63, 3.8) is 0 Å². The molecule has 0 radical (unpaired) electrons. The van der Waals surface area contributed by atoms with Gasteiger partial charge < -0.3 is 0 Å². The Hall–Kier alpha value is -3.28. The average molecular weight is 756 g/mol. The Kier molecular flexibility index (Phi) is 15.9. The molecule has 50 heavy (non-hydrogen) atoms. The van der Waals surface area contributed by atoms with Crippen molar-refractivity contribution < 1.29 is 16.8 Å². The Morgan fingerprint density at radius 2 is 1.06 bits per heavy atom. The lowest BCUT2D eigenvalue weighted by molar-refractivity contribution is 0.577. The molecule has 0 spiro atoms. The van der Waals surface area contributed by atoms with Crippen LogP contribution in [0.4, 0.5) is 0 Å². The molecule has 11 nitrogen and oxygen atoms in total. The molecule has 0 aliphatic carbocycles. The van der Waals surface area contributed by atoms with Gasteiger partial charge in [-0.1, -0.05) is 12.8 Å². The Morgan fingerprint density at radius 3 is 1.44 bits per heavy atom. The van der Waals surface area contributed by atoms with E-state index < -0.39 is 20.2 Å². The van der Waals surface area contributed by atoms with Gasteiger partial charge in [0, 0.05) is 46.0 Å². The summed E-state index contributed by atoms with van der Waals surface area (Å²) in [7, 11) is -6.70. The van der Waals surface area contributed by atoms with Crippen LogP contribution in [0.25, 0.3) is 21.8 Å². The number of fused-ring (bicyclic) bond motifs is 2. The molecule has 0 aliphatic rings. The molecule has 0 unspecified atom stereocenters. The Bertz CT molecular complexity index is 1960. The third-order valence-electron chi connectivity index (χ3n) is 7.91. The third-order valence-corrected chi connectivity index (χ3v) is 11.7. The molecule has 0 aliphatic heterocycles. The fourth-order valence-corrected chi connectivity index (χ4v) is 8.15. The quantitative estimate of drug-likeness (QED) is 0.0862. The standard InChI is InChI=1S/C18H23N3O2S2.C17H22N4O2S2/c1-13-9-16-17(10-14(13)2)20-12-15(11-19)18(16)24-8-6-4-5-7-21-25(3,22)23;1-12-8-15-16(9-13(12)2)20-11-14(10-18)17(15)24-7-5-3-4-6-21-25(19,22)23/h9-10,12,21H,4-8H2,1-3H3;8-9,11,21H,3-7H2,1-2H3,(H2,19,22,23). The molecule has 2 heterocycles. The second kappa shape index (κ2) is 19.4. The molecule has 0 amide bonds. The molecule has 15 heteroatoms. The number of hydrogen-bond acceptors (Lipinski definition) is 10. The van der Waals surface area contributed by atoms with Crippen LogP contribution in [0, 0.1) is 50.4 Å². The molecular weight excluding hydrogens is 711 g/mol. The Morgan fingerprint density at radius 1 is 0.660 bits per heavy atom. The molecule has 2 aromatic heterocycles. The summed E-state index contributed by atoms with van der Waals surface area (Å²) < 4.78 is 48.3. The van der Waals surface area contributed by atoms with Gasteiger partial charge in [0.05, 0.1) is 28.4 Å². The van der Waals surface area contributed by atoms with Crippen molar-refractivity contribution in [2.75, 3.05) is 30.9 Å². The van der Waals surface area contributed by atoms with Gasteiger partial charge in [0.15, 0.2) is 0 Å². The topological polar surface area (TPSA) is 192 Å². The molecule has 4 N–H and O–H groups in total. The van der Waals surface area contributed by atoms with Crippen LogP contribution in [0.1, 0.15) is 71.9 Å². The number of unbranched alkanes of at least 4 members (excludes halogenated alkanes) is 4. The largest absolute Gasteiger partial charge is 0.274 e. The number of aryl methyl sites for hydroxylation is 4. The van der Waals surface area contributed by atoms with Crippen LogP contribution in [0.15, 0.2) is 46.5 Å². The molecule has 2 aromatic carbocycles. The number of hydrogen-bond donors (Lipinski definition) is 3. The van der Waals surface area contributed by atoms with E-state index in [0.717, 1.165) is 81.6 Å². The highest BCUT2D eigenvalue weighted by atomic mass is 32.2. The van der Waals surface area contributed by atoms with Crippen molar-refractivity contribution in [1.29, 1.82) is 10.5 Å². The van der Waals surface area contributed by atoms with Crippen molar-refractivity contribution in [2.24, 2.45) is 5.14 Å². The molecule has 268 valence electrons. The monoisotopic (exact) mass is 755 g/mol. The summed E-state index contributed by atoms with van der Waals surface area (Å²) >= 11 is 3.33. The first-order chi connectivity index (χ1) is 23.6. The molecular formula is C35H45N7O4S4. The van der Waals surface area contributed by atoms with E-state index in [1.165, 1.54) is 28.5 Å². The zero-order chi connectivity index (χ0) is 36.9. The zero-order valence-corrected chi connectivity index (χ0v) is 32.4. The van der Waals surface area contributed by atoms with E-state index in [1.54, 1.807) is 35.9 Å². The minimum Gasteiger partial charge on any atom is -0.255 e. The maximum atomic E-state index is 11.0. The number of rotatable bonds is 16. The smallest absolute Gasteiger partial charge is 0.255 e. The number of aromatic nitrogens is 2. The van der Waals surface area contributed by atoms with Gasteiger partial charge in [0.2, 0.25) is 10.0 Å². The number of nitrogens with two attached hydrogens (primary N) is 1. The third kappa shape index (κ3) is 13.1. The predicted molar refractivity (Wildman–Crippen MR) is 205 cm³/mol. The van der Waals surface area contributed by atoms with E-state index in [2.05, 4.69) is 83.5 Å². The number of sulfonamides is 1. The van der Waals surface area contributed by atoms with Crippen LogP contribution in [-0.2, 0) is 20.2 Å². The van der Waals surface area contributed by atoms with E-state index in [0.29, 0.717) is 24.2 Å². The summed E-state index contributed by atoms with van der Waals surface area (Å²) in [5.74, 6) is 1.75. The van der Waals surface area contributed by atoms with Gasteiger partial charge in [-0.05, 0) is 111 Å². The average Bonchev–Trinajstić information content (AvgIpc) is 3.04. The first-order valence-corrected chi connectivity index (χ1v) is 21.6. The summed E-state index contributed by atoms with van der Waals surface area (Å²) in [5.41, 5.74) is 7.78. The number of nitrogens with one attached hydrogen (secondary N) is 2. The van der Waals surface area contributed by atoms with E-state index in [9.17, 15) is 27.4 Å². The van der Waals surface area contributed by atoms with Gasteiger partial charge in [0.1, 0.15) is 12.1 Å². The molecule has 0 bridgehead atoms. The van der Waals surface area contributed by atoms with Crippen LogP contribution in [0.2, 0.25) is 0 Å². The number of pyridine rings is 2. The van der Waals surface area contributed by atoms with Crippen LogP contribution in [0.3, 0.4) is 0 Å². The van der Waals surface area contributed by atoms with E-state index >= 15 is 0 Å². The summed E-state index contributed by atoms with van der Waals surface area (Å²) in [5, 5.41) is 25.7. The van der Waals surface area contributed by atoms with Crippen LogP contribution in [-0.4, -0.2) is 57.7 Å². The van der Waals surface area contributed by atoms with Crippen LogP contribution in [0.5, 0.6) is 0 Å². The first-order valence-electron chi connectivity index (χ1n) is 16.2. The molecule has 0 saturated carbocycles. The fourth-order valence-electron chi connectivity index (χ4n) is 4.95. The zero-order valence-electron chi connectivity index (χ0n) is 29.2. The van der Waals surface area contributed by atoms with Crippen molar-refractivity contribution >= 4 is 65.6 Å². The summed E-state index contributed by atoms with van der Waals surface area (Å²) in [6.07, 6.45) is 9.73. The maximum absolute atomic E-state index is 11.0. The van der Waals surface area contributed by atoms with Crippen molar-refractivity contribution in [1.82, 2.24) is 19.4 Å². The SMILES string of the molecule is Cc1cc2ncc(C#N)c(SCCCCCNS(C)(=O)=O)c2cc1C.Cc1cc2ncc(C#N)c(SCCCCCNS(N)(=O)=O)c2cc1C. The van der Waals surface area contributed by atoms with Crippen molar-refractivity contribution in [3.8, 4) is 12.1 Å². The molecule has 4 rings (SSSR count). The highest BCUT2D eigenvalue weighted by molar-refractivity contribution is 7.99. The van der Waals surface area contributed by atoms with Gasteiger partial charge >= 0.3 is 0 Å². The van der Waals surface area contributed by atoms with Crippen molar-refractivity contribution in [3.05, 3.63) is 70.0 Å². The molecule has 4 aromatic rings. The lowest BCUT2D eigenvalue weighted by atomic mass is 10.1. The first kappa shape index (κ1) is 41.1. The second-order valence-electron chi connectivity index (χ2n) is 12.1. The minimum absolute atomic E-state index is 0.351. The summed E-state index contributed by atoms with van der Waals surface area (Å²) in [6.45, 7) is 9.06. The van der Waals surface area contributed by atoms with Crippen LogP contribution < -0.4 is 14.6 Å². The van der Waals surface area contributed by atoms with E-state index in [4.69, 9.17) is 5.14 Å². The lowest BCUT2D eigenvalue weighted by Gasteiger charge is -2.10. The normalized spacial score (nSPS) is 11.6. The minimum atomic E-state index is -3.60. The lowest BCUT2D eigenvalue weighted by Crippen LogP contribution is -2.31. The van der Waals surface area contributed by atoms with Gasteiger partial charge in [-0.3, -0.25) is 9.97 Å². The van der Waals surface area contributed by atoms with Gasteiger partial charge in [-0.15, -0.1) is 23.5 Å². The number of nitriles is 2. The summed E-state index contributed by atoms with van der Waals surface area (Å²) in [4.78, 5) is 10.8. The molecule has 0 saturated heterocycles. The fraction of sp³-hybridized carbons (Fsp3) is 0.429. The summed E-state index contributed by atoms with van der Waals surface area (Å²) in [6, 6.07) is 12.8. The second-order valence-corrected chi connectivity index (χ2v) is 17.5. The highest BCUT2D eigenvalue weighted by Gasteiger charge is 2.12. The number of nitrogens with zero attached hydrogens (tertiary/aromatic N) is 4. The van der Waals surface area contributed by atoms with E-state index in [1.807, 2.05) is 0 Å². The van der Waals surface area contributed by atoms with Crippen LogP contribution >= 0.6 is 23.5 Å². The van der Waals surface area contributed by atoms with E-state index in [-0.39, 0.29) is 0 Å². The van der Waals surface area contributed by atoms with Gasteiger partial charge in [-0.2, -0.15) is 18.9 Å². The maximum Gasteiger partial charge on any atom is 0.274 e. The predicted octanol–water partition coefficient (Wildman–Crippen LogP) is 6.31. The Labute approximate surface area is 305 Å². The van der Waals surface area contributed by atoms with Crippen molar-refractivity contribution in [2.45, 2.75) is 76.0 Å².